The van der Waals surface area contributed by atoms with Gasteiger partial charge in [0.25, 0.3) is 0 Å². The lowest BCUT2D eigenvalue weighted by Gasteiger charge is -2.17. The minimum absolute atomic E-state index is 0.592. The van der Waals surface area contributed by atoms with Gasteiger partial charge in [-0.2, -0.15) is 0 Å². The summed E-state index contributed by atoms with van der Waals surface area (Å²) in [7, 11) is 0. The van der Waals surface area contributed by atoms with Crippen molar-refractivity contribution < 1.29 is 0 Å². The van der Waals surface area contributed by atoms with Crippen molar-refractivity contribution in [1.82, 2.24) is 10.3 Å². The van der Waals surface area contributed by atoms with E-state index in [0.29, 0.717) is 6.04 Å². The van der Waals surface area contributed by atoms with Gasteiger partial charge in [0.2, 0.25) is 0 Å². The minimum Gasteiger partial charge on any atom is -0.314 e. The standard InChI is InChI=1S/C16H22N2S/c1-2-17-15(10-11-16-7-5-13-19-16)9-8-14-6-3-4-12-18-14/h3-7,12-13,15,17H,2,8-11H2,1H3. The van der Waals surface area contributed by atoms with Crippen LogP contribution in [0.2, 0.25) is 0 Å². The summed E-state index contributed by atoms with van der Waals surface area (Å²) in [5.74, 6) is 0. The Hall–Kier alpha value is -1.19. The van der Waals surface area contributed by atoms with Gasteiger partial charge in [0.05, 0.1) is 0 Å². The molecule has 2 heterocycles. The normalized spacial score (nSPS) is 12.5. The Morgan fingerprint density at radius 3 is 2.74 bits per heavy atom. The van der Waals surface area contributed by atoms with E-state index < -0.39 is 0 Å². The van der Waals surface area contributed by atoms with E-state index in [2.05, 4.69) is 46.9 Å². The number of thiophene rings is 1. The molecule has 0 fully saturated rings. The molecule has 0 amide bonds. The molecule has 0 aliphatic rings. The number of rotatable bonds is 8. The highest BCUT2D eigenvalue weighted by atomic mass is 32.1. The Kier molecular flexibility index (Phi) is 6.05. The van der Waals surface area contributed by atoms with Crippen molar-refractivity contribution in [2.45, 2.75) is 38.6 Å². The number of hydrogen-bond acceptors (Lipinski definition) is 3. The fourth-order valence-electron chi connectivity index (χ4n) is 2.28. The topological polar surface area (TPSA) is 24.9 Å². The highest BCUT2D eigenvalue weighted by molar-refractivity contribution is 7.09. The van der Waals surface area contributed by atoms with Crippen molar-refractivity contribution in [2.24, 2.45) is 0 Å². The predicted octanol–water partition coefficient (Wildman–Crippen LogP) is 3.69. The second-order valence-corrected chi connectivity index (χ2v) is 5.76. The van der Waals surface area contributed by atoms with Crippen LogP contribution >= 0.6 is 11.3 Å². The molecule has 0 bridgehead atoms. The van der Waals surface area contributed by atoms with Crippen LogP contribution in [0, 0.1) is 0 Å². The molecule has 102 valence electrons. The first-order valence-corrected chi connectivity index (χ1v) is 7.92. The number of nitrogens with zero attached hydrogens (tertiary/aromatic N) is 1. The lowest BCUT2D eigenvalue weighted by Crippen LogP contribution is -2.29. The van der Waals surface area contributed by atoms with E-state index in [1.165, 1.54) is 23.4 Å². The molecule has 0 spiro atoms. The molecule has 0 aromatic carbocycles. The molecule has 2 aromatic heterocycles. The van der Waals surface area contributed by atoms with Gasteiger partial charge >= 0.3 is 0 Å². The van der Waals surface area contributed by atoms with Gasteiger partial charge in [-0.3, -0.25) is 4.98 Å². The molecule has 1 unspecified atom stereocenters. The summed E-state index contributed by atoms with van der Waals surface area (Å²) < 4.78 is 0. The molecule has 0 saturated carbocycles. The van der Waals surface area contributed by atoms with E-state index in [1.807, 2.05) is 23.6 Å². The van der Waals surface area contributed by atoms with Crippen molar-refractivity contribution in [3.8, 4) is 0 Å². The Morgan fingerprint density at radius 2 is 2.05 bits per heavy atom. The lowest BCUT2D eigenvalue weighted by atomic mass is 10.0. The Labute approximate surface area is 119 Å². The van der Waals surface area contributed by atoms with Crippen LogP contribution in [-0.4, -0.2) is 17.6 Å². The molecule has 2 aromatic rings. The number of nitrogens with one attached hydrogen (secondary N) is 1. The van der Waals surface area contributed by atoms with Gasteiger partial charge in [0, 0.05) is 22.8 Å². The zero-order chi connectivity index (χ0) is 13.3. The lowest BCUT2D eigenvalue weighted by molar-refractivity contribution is 0.463. The molecule has 3 heteroatoms. The van der Waals surface area contributed by atoms with Crippen molar-refractivity contribution >= 4 is 11.3 Å². The number of aromatic nitrogens is 1. The summed E-state index contributed by atoms with van der Waals surface area (Å²) in [5.41, 5.74) is 1.20. The van der Waals surface area contributed by atoms with Crippen molar-refractivity contribution in [3.63, 3.8) is 0 Å². The van der Waals surface area contributed by atoms with E-state index in [1.54, 1.807) is 0 Å². The predicted molar refractivity (Wildman–Crippen MR) is 82.7 cm³/mol. The summed E-state index contributed by atoms with van der Waals surface area (Å²) in [4.78, 5) is 5.88. The van der Waals surface area contributed by atoms with E-state index in [0.717, 1.165) is 19.4 Å². The maximum atomic E-state index is 4.40. The van der Waals surface area contributed by atoms with Gasteiger partial charge in [0.1, 0.15) is 0 Å². The monoisotopic (exact) mass is 274 g/mol. The molecule has 0 aliphatic carbocycles. The molecule has 19 heavy (non-hydrogen) atoms. The zero-order valence-corrected chi connectivity index (χ0v) is 12.3. The fourth-order valence-corrected chi connectivity index (χ4v) is 3.00. The summed E-state index contributed by atoms with van der Waals surface area (Å²) in [6.45, 7) is 3.22. The SMILES string of the molecule is CCNC(CCc1ccccn1)CCc1cccs1. The van der Waals surface area contributed by atoms with E-state index in [9.17, 15) is 0 Å². The second-order valence-electron chi connectivity index (χ2n) is 4.73. The van der Waals surface area contributed by atoms with Crippen LogP contribution in [0.15, 0.2) is 41.9 Å². The van der Waals surface area contributed by atoms with Crippen LogP contribution in [0.3, 0.4) is 0 Å². The van der Waals surface area contributed by atoms with Crippen LogP contribution in [0.4, 0.5) is 0 Å². The molecule has 0 saturated heterocycles. The van der Waals surface area contributed by atoms with Gasteiger partial charge in [-0.05, 0) is 55.8 Å². The third kappa shape index (κ3) is 5.13. The molecular weight excluding hydrogens is 252 g/mol. The van der Waals surface area contributed by atoms with Crippen LogP contribution in [0.25, 0.3) is 0 Å². The summed E-state index contributed by atoms with van der Waals surface area (Å²) in [6, 6.07) is 11.1. The summed E-state index contributed by atoms with van der Waals surface area (Å²) >= 11 is 1.86. The summed E-state index contributed by atoms with van der Waals surface area (Å²) in [6.07, 6.45) is 6.49. The molecular formula is C16H22N2S. The molecule has 1 atom stereocenters. The Morgan fingerprint density at radius 1 is 1.16 bits per heavy atom. The van der Waals surface area contributed by atoms with Crippen LogP contribution in [0.1, 0.15) is 30.3 Å². The Bertz CT molecular complexity index is 439. The van der Waals surface area contributed by atoms with Crippen LogP contribution in [-0.2, 0) is 12.8 Å². The molecule has 2 nitrogen and oxygen atoms in total. The van der Waals surface area contributed by atoms with Gasteiger partial charge in [0.15, 0.2) is 0 Å². The van der Waals surface area contributed by atoms with Gasteiger partial charge in [-0.25, -0.2) is 0 Å². The van der Waals surface area contributed by atoms with Crippen LogP contribution in [0.5, 0.6) is 0 Å². The summed E-state index contributed by atoms with van der Waals surface area (Å²) in [5, 5.41) is 5.75. The number of aryl methyl sites for hydroxylation is 2. The maximum absolute atomic E-state index is 4.40. The zero-order valence-electron chi connectivity index (χ0n) is 11.5. The fraction of sp³-hybridized carbons (Fsp3) is 0.438. The molecule has 2 rings (SSSR count). The molecule has 0 aliphatic heterocycles. The average Bonchev–Trinajstić information content (AvgIpc) is 2.96. The van der Waals surface area contributed by atoms with Crippen molar-refractivity contribution in [1.29, 1.82) is 0 Å². The van der Waals surface area contributed by atoms with Crippen molar-refractivity contribution in [2.75, 3.05) is 6.54 Å². The largest absolute Gasteiger partial charge is 0.314 e. The average molecular weight is 274 g/mol. The highest BCUT2D eigenvalue weighted by Gasteiger charge is 2.08. The maximum Gasteiger partial charge on any atom is 0.0404 e. The first kappa shape index (κ1) is 14.2. The molecule has 0 radical (unpaired) electrons. The third-order valence-corrected chi connectivity index (χ3v) is 4.22. The van der Waals surface area contributed by atoms with Crippen LogP contribution < -0.4 is 5.32 Å². The number of hydrogen-bond donors (Lipinski definition) is 1. The Balaban J connectivity index is 1.78. The van der Waals surface area contributed by atoms with Crippen molar-refractivity contribution in [3.05, 3.63) is 52.5 Å². The second kappa shape index (κ2) is 8.08. The van der Waals surface area contributed by atoms with E-state index in [4.69, 9.17) is 0 Å². The minimum atomic E-state index is 0.592. The first-order valence-electron chi connectivity index (χ1n) is 7.04. The van der Waals surface area contributed by atoms with E-state index >= 15 is 0 Å². The molecule has 1 N–H and O–H groups in total. The van der Waals surface area contributed by atoms with Gasteiger partial charge in [-0.1, -0.05) is 19.1 Å². The van der Waals surface area contributed by atoms with Gasteiger partial charge < -0.3 is 5.32 Å². The third-order valence-electron chi connectivity index (χ3n) is 3.29. The quantitative estimate of drug-likeness (QED) is 0.794. The highest BCUT2D eigenvalue weighted by Crippen LogP contribution is 2.14. The smallest absolute Gasteiger partial charge is 0.0404 e. The first-order chi connectivity index (χ1) is 9.38. The van der Waals surface area contributed by atoms with E-state index in [-0.39, 0.29) is 0 Å². The van der Waals surface area contributed by atoms with Gasteiger partial charge in [-0.15, -0.1) is 11.3 Å². The number of pyridine rings is 1.